The van der Waals surface area contributed by atoms with Gasteiger partial charge in [0.1, 0.15) is 5.75 Å². The first-order valence-corrected chi connectivity index (χ1v) is 5.51. The predicted octanol–water partition coefficient (Wildman–Crippen LogP) is 3.58. The predicted molar refractivity (Wildman–Crippen MR) is 64.8 cm³/mol. The van der Waals surface area contributed by atoms with Gasteiger partial charge >= 0.3 is 0 Å². The summed E-state index contributed by atoms with van der Waals surface area (Å²) in [5.41, 5.74) is 0.756. The van der Waals surface area contributed by atoms with Gasteiger partial charge in [0, 0.05) is 12.6 Å². The lowest BCUT2D eigenvalue weighted by molar-refractivity contribution is 0.415. The molecule has 0 aliphatic heterocycles. The van der Waals surface area contributed by atoms with E-state index >= 15 is 0 Å². The van der Waals surface area contributed by atoms with Crippen molar-refractivity contribution in [3.8, 4) is 11.5 Å². The van der Waals surface area contributed by atoms with Crippen molar-refractivity contribution >= 4 is 5.69 Å². The largest absolute Gasteiger partial charge is 0.452 e. The van der Waals surface area contributed by atoms with Crippen LogP contribution in [0.4, 0.5) is 14.5 Å². The van der Waals surface area contributed by atoms with E-state index in [0.717, 1.165) is 18.3 Å². The van der Waals surface area contributed by atoms with Crippen molar-refractivity contribution in [1.29, 1.82) is 0 Å². The second-order valence-corrected chi connectivity index (χ2v) is 3.59. The average Bonchev–Trinajstić information content (AvgIpc) is 2.36. The Bertz CT molecular complexity index is 546. The molecule has 1 aromatic heterocycles. The highest BCUT2D eigenvalue weighted by Gasteiger charge is 2.09. The molecule has 0 unspecified atom stereocenters. The van der Waals surface area contributed by atoms with E-state index in [1.165, 1.54) is 18.3 Å². The van der Waals surface area contributed by atoms with Gasteiger partial charge < -0.3 is 10.1 Å². The molecular formula is C13H12F2N2O. The van der Waals surface area contributed by atoms with Crippen LogP contribution in [0.1, 0.15) is 6.92 Å². The van der Waals surface area contributed by atoms with Gasteiger partial charge in [-0.15, -0.1) is 0 Å². The normalized spacial score (nSPS) is 10.2. The molecule has 5 heteroatoms. The summed E-state index contributed by atoms with van der Waals surface area (Å²) in [6.07, 6.45) is 3.06. The van der Waals surface area contributed by atoms with Crippen molar-refractivity contribution in [3.63, 3.8) is 0 Å². The van der Waals surface area contributed by atoms with Gasteiger partial charge in [0.05, 0.1) is 18.1 Å². The molecule has 1 N–H and O–H groups in total. The molecule has 1 heterocycles. The summed E-state index contributed by atoms with van der Waals surface area (Å²) in [5, 5.41) is 3.05. The third kappa shape index (κ3) is 2.74. The maximum absolute atomic E-state index is 13.4. The van der Waals surface area contributed by atoms with Crippen LogP contribution in [0.3, 0.4) is 0 Å². The standard InChI is InChI=1S/C13H12F2N2O/c1-2-17-9-6-10(8-16-7-9)18-12-5-3-4-11(14)13(12)15/h3-8,17H,2H2,1H3. The van der Waals surface area contributed by atoms with Gasteiger partial charge in [0.15, 0.2) is 11.6 Å². The number of nitrogens with one attached hydrogen (secondary N) is 1. The van der Waals surface area contributed by atoms with Gasteiger partial charge in [-0.3, -0.25) is 4.98 Å². The van der Waals surface area contributed by atoms with Crippen molar-refractivity contribution in [2.75, 3.05) is 11.9 Å². The second-order valence-electron chi connectivity index (χ2n) is 3.59. The van der Waals surface area contributed by atoms with Crippen molar-refractivity contribution in [1.82, 2.24) is 4.98 Å². The molecule has 2 aromatic rings. The second kappa shape index (κ2) is 5.44. The van der Waals surface area contributed by atoms with Crippen LogP contribution in [-0.4, -0.2) is 11.5 Å². The van der Waals surface area contributed by atoms with Crippen LogP contribution in [0.5, 0.6) is 11.5 Å². The smallest absolute Gasteiger partial charge is 0.201 e. The highest BCUT2D eigenvalue weighted by atomic mass is 19.2. The summed E-state index contributed by atoms with van der Waals surface area (Å²) in [7, 11) is 0. The van der Waals surface area contributed by atoms with Gasteiger partial charge in [-0.25, -0.2) is 4.39 Å². The Morgan fingerprint density at radius 2 is 2.11 bits per heavy atom. The number of anilines is 1. The number of hydrogen-bond acceptors (Lipinski definition) is 3. The number of benzene rings is 1. The topological polar surface area (TPSA) is 34.2 Å². The molecule has 0 fully saturated rings. The fourth-order valence-electron chi connectivity index (χ4n) is 1.47. The maximum atomic E-state index is 13.4. The van der Waals surface area contributed by atoms with Gasteiger partial charge in [0.2, 0.25) is 5.82 Å². The molecule has 0 aliphatic carbocycles. The Morgan fingerprint density at radius 1 is 1.28 bits per heavy atom. The highest BCUT2D eigenvalue weighted by molar-refractivity contribution is 5.46. The van der Waals surface area contributed by atoms with E-state index in [9.17, 15) is 8.78 Å². The molecule has 0 bridgehead atoms. The first-order valence-electron chi connectivity index (χ1n) is 5.51. The first-order chi connectivity index (χ1) is 8.70. The fraction of sp³-hybridized carbons (Fsp3) is 0.154. The zero-order valence-corrected chi connectivity index (χ0v) is 9.78. The van der Waals surface area contributed by atoms with E-state index in [-0.39, 0.29) is 5.75 Å². The third-order valence-electron chi connectivity index (χ3n) is 2.24. The van der Waals surface area contributed by atoms with E-state index in [0.29, 0.717) is 5.75 Å². The molecule has 3 nitrogen and oxygen atoms in total. The van der Waals surface area contributed by atoms with Crippen LogP contribution in [0, 0.1) is 11.6 Å². The summed E-state index contributed by atoms with van der Waals surface area (Å²) < 4.78 is 31.7. The Hall–Kier alpha value is -2.17. The van der Waals surface area contributed by atoms with Gasteiger partial charge in [-0.05, 0) is 19.1 Å². The van der Waals surface area contributed by atoms with Gasteiger partial charge in [0.25, 0.3) is 0 Å². The molecule has 0 atom stereocenters. The third-order valence-corrected chi connectivity index (χ3v) is 2.24. The van der Waals surface area contributed by atoms with E-state index in [1.807, 2.05) is 6.92 Å². The molecule has 0 saturated heterocycles. The Kier molecular flexibility index (Phi) is 3.72. The van der Waals surface area contributed by atoms with Crippen molar-refractivity contribution in [2.24, 2.45) is 0 Å². The van der Waals surface area contributed by atoms with Crippen molar-refractivity contribution in [3.05, 3.63) is 48.3 Å². The molecule has 18 heavy (non-hydrogen) atoms. The SMILES string of the molecule is CCNc1cncc(Oc2cccc(F)c2F)c1. The summed E-state index contributed by atoms with van der Waals surface area (Å²) in [5.74, 6) is -1.77. The number of rotatable bonds is 4. The Labute approximate surface area is 103 Å². The molecule has 0 radical (unpaired) electrons. The van der Waals surface area contributed by atoms with Gasteiger partial charge in [-0.2, -0.15) is 4.39 Å². The number of halogens is 2. The molecule has 94 valence electrons. The fourth-order valence-corrected chi connectivity index (χ4v) is 1.47. The minimum atomic E-state index is -1.01. The lowest BCUT2D eigenvalue weighted by Gasteiger charge is -2.08. The molecular weight excluding hydrogens is 238 g/mol. The molecule has 0 aliphatic rings. The molecule has 1 aromatic carbocycles. The number of hydrogen-bond donors (Lipinski definition) is 1. The zero-order valence-electron chi connectivity index (χ0n) is 9.78. The van der Waals surface area contributed by atoms with E-state index in [2.05, 4.69) is 10.3 Å². The van der Waals surface area contributed by atoms with Gasteiger partial charge in [-0.1, -0.05) is 6.07 Å². The molecule has 0 amide bonds. The number of aromatic nitrogens is 1. The van der Waals surface area contributed by atoms with E-state index in [4.69, 9.17) is 4.74 Å². The lowest BCUT2D eigenvalue weighted by Crippen LogP contribution is -1.98. The van der Waals surface area contributed by atoms with Crippen LogP contribution in [0.2, 0.25) is 0 Å². The van der Waals surface area contributed by atoms with E-state index < -0.39 is 11.6 Å². The number of nitrogens with zero attached hydrogens (tertiary/aromatic N) is 1. The van der Waals surface area contributed by atoms with Crippen LogP contribution in [0.25, 0.3) is 0 Å². The number of ether oxygens (including phenoxy) is 1. The summed E-state index contributed by atoms with van der Waals surface area (Å²) in [6.45, 7) is 2.68. The maximum Gasteiger partial charge on any atom is 0.201 e. The summed E-state index contributed by atoms with van der Waals surface area (Å²) >= 11 is 0. The van der Waals surface area contributed by atoms with Crippen LogP contribution in [0.15, 0.2) is 36.7 Å². The number of pyridine rings is 1. The van der Waals surface area contributed by atoms with Crippen molar-refractivity contribution in [2.45, 2.75) is 6.92 Å². The zero-order chi connectivity index (χ0) is 13.0. The molecule has 0 spiro atoms. The molecule has 0 saturated carbocycles. The lowest BCUT2D eigenvalue weighted by atomic mass is 10.3. The van der Waals surface area contributed by atoms with Crippen molar-refractivity contribution < 1.29 is 13.5 Å². The monoisotopic (exact) mass is 250 g/mol. The van der Waals surface area contributed by atoms with Crippen LogP contribution >= 0.6 is 0 Å². The van der Waals surface area contributed by atoms with E-state index in [1.54, 1.807) is 12.3 Å². The minimum Gasteiger partial charge on any atom is -0.452 e. The highest BCUT2D eigenvalue weighted by Crippen LogP contribution is 2.26. The average molecular weight is 250 g/mol. The summed E-state index contributed by atoms with van der Waals surface area (Å²) in [6, 6.07) is 5.45. The summed E-state index contributed by atoms with van der Waals surface area (Å²) in [4.78, 5) is 3.95. The first kappa shape index (κ1) is 12.3. The Morgan fingerprint density at radius 3 is 2.89 bits per heavy atom. The molecule has 2 rings (SSSR count). The van der Waals surface area contributed by atoms with Crippen LogP contribution in [-0.2, 0) is 0 Å². The minimum absolute atomic E-state index is 0.162. The Balaban J connectivity index is 2.23. The quantitative estimate of drug-likeness (QED) is 0.900. The van der Waals surface area contributed by atoms with Crippen LogP contribution < -0.4 is 10.1 Å².